The van der Waals surface area contributed by atoms with Crippen molar-refractivity contribution in [3.05, 3.63) is 121 Å². The number of oxazole rings is 1. The number of esters is 1. The SMILES string of the molecule is COC(=O)[C@@H](N)Cc1nc(-c2ccc3c(c2)c(CC(C)(C)CO[Si](c2ccccc2)(c2ccccc2)C(C)(C)C)c(-c2cccnc2[C@H](C)OC)n3CC(F)(F)F)co1. The zero-order valence-corrected chi connectivity index (χ0v) is 35.9. The number of benzene rings is 3. The molecular formula is C46H53F3N4O5Si. The van der Waals surface area contributed by atoms with E-state index in [4.69, 9.17) is 24.1 Å². The summed E-state index contributed by atoms with van der Waals surface area (Å²) >= 11 is 0. The number of pyridine rings is 1. The standard InChI is InChI=1S/C46H53F3N4O5Si/c1-30(55-7)41-34(20-15-23-51-41)42-36(26-45(5,6)29-58-59(44(2,3)4,32-16-11-9-12-17-32)33-18-13-10-14-19-33)35-24-31(21-22-39(35)53(42)28-46(47,48)49)38-27-57-40(52-38)25-37(50)43(54)56-8/h9-24,27,30,37H,25-26,28-29,50H2,1-8H3/t30-,37-/m0/s1. The molecule has 59 heavy (non-hydrogen) atoms. The number of ether oxygens (including phenoxy) is 2. The molecule has 0 aliphatic heterocycles. The number of nitrogens with two attached hydrogens (primary N) is 1. The van der Waals surface area contributed by atoms with Crippen LogP contribution in [0.4, 0.5) is 13.2 Å². The van der Waals surface area contributed by atoms with Gasteiger partial charge in [0.1, 0.15) is 24.5 Å². The molecule has 3 aromatic heterocycles. The van der Waals surface area contributed by atoms with E-state index in [0.29, 0.717) is 57.7 Å². The molecular weight excluding hydrogens is 774 g/mol. The minimum absolute atomic E-state index is 0.00721. The van der Waals surface area contributed by atoms with Crippen molar-refractivity contribution in [2.24, 2.45) is 11.1 Å². The van der Waals surface area contributed by atoms with Gasteiger partial charge in [0.05, 0.1) is 31.0 Å². The Morgan fingerprint density at radius 2 is 1.56 bits per heavy atom. The van der Waals surface area contributed by atoms with Crippen LogP contribution in [-0.2, 0) is 38.1 Å². The molecule has 0 aliphatic carbocycles. The summed E-state index contributed by atoms with van der Waals surface area (Å²) in [6, 6.07) is 28.6. The number of rotatable bonds is 15. The molecule has 312 valence electrons. The third-order valence-electron chi connectivity index (χ3n) is 10.8. The van der Waals surface area contributed by atoms with Crippen LogP contribution in [0, 0.1) is 5.41 Å². The second-order valence-corrected chi connectivity index (χ2v) is 21.1. The monoisotopic (exact) mass is 826 g/mol. The third-order valence-corrected chi connectivity index (χ3v) is 15.8. The van der Waals surface area contributed by atoms with Gasteiger partial charge in [-0.15, -0.1) is 0 Å². The zero-order valence-electron chi connectivity index (χ0n) is 34.9. The summed E-state index contributed by atoms with van der Waals surface area (Å²) < 4.78 is 69.1. The number of aromatic nitrogens is 3. The van der Waals surface area contributed by atoms with Crippen molar-refractivity contribution < 1.29 is 36.3 Å². The topological polar surface area (TPSA) is 115 Å². The number of alkyl halides is 3. The average Bonchev–Trinajstić information content (AvgIpc) is 3.78. The first-order valence-corrected chi connectivity index (χ1v) is 21.5. The summed E-state index contributed by atoms with van der Waals surface area (Å²) in [5, 5.41) is 2.60. The quantitative estimate of drug-likeness (QED) is 0.0808. The number of methoxy groups -OCH3 is 2. The van der Waals surface area contributed by atoms with E-state index in [9.17, 15) is 18.0 Å². The molecule has 0 amide bonds. The molecule has 13 heteroatoms. The second-order valence-electron chi connectivity index (χ2n) is 16.8. The first kappa shape index (κ1) is 43.5. The van der Waals surface area contributed by atoms with Crippen molar-refractivity contribution in [3.8, 4) is 22.5 Å². The van der Waals surface area contributed by atoms with Crippen molar-refractivity contribution in [2.45, 2.75) is 84.3 Å². The van der Waals surface area contributed by atoms with Gasteiger partial charge in [0.15, 0.2) is 5.89 Å². The summed E-state index contributed by atoms with van der Waals surface area (Å²) in [4.78, 5) is 21.2. The number of carbonyl (C=O) groups excluding carboxylic acids is 1. The molecule has 3 heterocycles. The molecule has 0 saturated carbocycles. The first-order chi connectivity index (χ1) is 27.9. The zero-order chi connectivity index (χ0) is 42.8. The lowest BCUT2D eigenvalue weighted by Gasteiger charge is -2.44. The molecule has 6 rings (SSSR count). The molecule has 0 saturated heterocycles. The van der Waals surface area contributed by atoms with E-state index in [1.807, 2.05) is 55.5 Å². The van der Waals surface area contributed by atoms with Crippen molar-refractivity contribution in [2.75, 3.05) is 20.8 Å². The highest BCUT2D eigenvalue weighted by atomic mass is 28.4. The van der Waals surface area contributed by atoms with Crippen LogP contribution in [0.3, 0.4) is 0 Å². The molecule has 0 spiro atoms. The number of fused-ring (bicyclic) bond motifs is 1. The molecule has 2 atom stereocenters. The van der Waals surface area contributed by atoms with E-state index >= 15 is 0 Å². The summed E-state index contributed by atoms with van der Waals surface area (Å²) in [5.41, 5.74) is 9.02. The average molecular weight is 827 g/mol. The highest BCUT2D eigenvalue weighted by Crippen LogP contribution is 2.44. The van der Waals surface area contributed by atoms with Gasteiger partial charge in [0.2, 0.25) is 0 Å². The smallest absolute Gasteiger partial charge is 0.406 e. The van der Waals surface area contributed by atoms with Crippen LogP contribution in [0.25, 0.3) is 33.4 Å². The Morgan fingerprint density at radius 3 is 2.14 bits per heavy atom. The van der Waals surface area contributed by atoms with Gasteiger partial charge < -0.3 is 28.6 Å². The van der Waals surface area contributed by atoms with Crippen LogP contribution >= 0.6 is 0 Å². The van der Waals surface area contributed by atoms with Gasteiger partial charge in [-0.25, -0.2) is 4.98 Å². The number of carbonyl (C=O) groups is 1. The molecule has 3 aromatic carbocycles. The van der Waals surface area contributed by atoms with Gasteiger partial charge in [0, 0.05) is 41.9 Å². The Hall–Kier alpha value is -5.08. The molecule has 6 aromatic rings. The van der Waals surface area contributed by atoms with Crippen LogP contribution in [0.5, 0.6) is 0 Å². The van der Waals surface area contributed by atoms with E-state index in [2.05, 4.69) is 68.9 Å². The van der Waals surface area contributed by atoms with E-state index in [1.165, 1.54) is 17.9 Å². The van der Waals surface area contributed by atoms with E-state index < -0.39 is 44.6 Å². The maximum Gasteiger partial charge on any atom is 0.406 e. The van der Waals surface area contributed by atoms with Gasteiger partial charge in [0.25, 0.3) is 8.32 Å². The minimum atomic E-state index is -4.55. The Labute approximate surface area is 344 Å². The summed E-state index contributed by atoms with van der Waals surface area (Å²) in [5.74, 6) is -0.378. The van der Waals surface area contributed by atoms with E-state index in [0.717, 1.165) is 10.4 Å². The number of nitrogens with zero attached hydrogens (tertiary/aromatic N) is 3. The Kier molecular flexibility index (Phi) is 12.7. The lowest BCUT2D eigenvalue weighted by Crippen LogP contribution is -2.67. The largest absolute Gasteiger partial charge is 0.468 e. The molecule has 0 unspecified atom stereocenters. The van der Waals surface area contributed by atoms with Gasteiger partial charge in [-0.1, -0.05) is 101 Å². The Bertz CT molecular complexity index is 2330. The predicted octanol–water partition coefficient (Wildman–Crippen LogP) is 8.82. The van der Waals surface area contributed by atoms with Gasteiger partial charge >= 0.3 is 12.1 Å². The fraction of sp³-hybridized carbons (Fsp3) is 0.370. The molecule has 0 bridgehead atoms. The van der Waals surface area contributed by atoms with E-state index in [1.54, 1.807) is 31.5 Å². The minimum Gasteiger partial charge on any atom is -0.468 e. The molecule has 9 nitrogen and oxygen atoms in total. The van der Waals surface area contributed by atoms with Crippen LogP contribution in [0.1, 0.15) is 64.8 Å². The second kappa shape index (κ2) is 17.3. The first-order valence-electron chi connectivity index (χ1n) is 19.6. The molecule has 0 radical (unpaired) electrons. The normalized spacial score (nSPS) is 13.8. The molecule has 0 aliphatic rings. The number of hydrogen-bond acceptors (Lipinski definition) is 8. The van der Waals surface area contributed by atoms with Crippen molar-refractivity contribution in [1.82, 2.24) is 14.5 Å². The number of halogens is 3. The summed E-state index contributed by atoms with van der Waals surface area (Å²) in [7, 11) is -0.167. The van der Waals surface area contributed by atoms with Gasteiger partial charge in [-0.3, -0.25) is 9.78 Å². The van der Waals surface area contributed by atoms with Crippen molar-refractivity contribution in [3.63, 3.8) is 0 Å². The Balaban J connectivity index is 1.54. The van der Waals surface area contributed by atoms with Gasteiger partial charge in [-0.05, 0) is 64.0 Å². The third kappa shape index (κ3) is 9.23. The molecule has 0 fully saturated rings. The highest BCUT2D eigenvalue weighted by molar-refractivity contribution is 6.99. The summed E-state index contributed by atoms with van der Waals surface area (Å²) in [6.07, 6.45) is -1.63. The number of hydrogen-bond donors (Lipinski definition) is 1. The summed E-state index contributed by atoms with van der Waals surface area (Å²) in [6.45, 7) is 11.8. The lowest BCUT2D eigenvalue weighted by atomic mass is 9.84. The van der Waals surface area contributed by atoms with Crippen LogP contribution in [0.15, 0.2) is 108 Å². The molecule has 2 N–H and O–H groups in total. The van der Waals surface area contributed by atoms with Crippen LogP contribution < -0.4 is 16.1 Å². The maximum absolute atomic E-state index is 14.7. The van der Waals surface area contributed by atoms with Crippen LogP contribution in [0.2, 0.25) is 5.04 Å². The fourth-order valence-electron chi connectivity index (χ4n) is 8.02. The fourth-order valence-corrected chi connectivity index (χ4v) is 12.8. The van der Waals surface area contributed by atoms with Crippen molar-refractivity contribution >= 4 is 35.6 Å². The van der Waals surface area contributed by atoms with Crippen molar-refractivity contribution in [1.29, 1.82) is 0 Å². The lowest BCUT2D eigenvalue weighted by molar-refractivity contribution is -0.142. The maximum atomic E-state index is 14.7. The van der Waals surface area contributed by atoms with E-state index in [-0.39, 0.29) is 17.3 Å². The predicted molar refractivity (Wildman–Crippen MR) is 227 cm³/mol. The Morgan fingerprint density at radius 1 is 0.915 bits per heavy atom. The van der Waals surface area contributed by atoms with Crippen LogP contribution in [-0.4, -0.2) is 61.9 Å². The highest BCUT2D eigenvalue weighted by Gasteiger charge is 2.51. The van der Waals surface area contributed by atoms with Gasteiger partial charge in [-0.2, -0.15) is 13.2 Å².